The number of hydrogen-bond donors (Lipinski definition) is 0. The van der Waals surface area contributed by atoms with Gasteiger partial charge in [-0.2, -0.15) is 0 Å². The van der Waals surface area contributed by atoms with Crippen molar-refractivity contribution in [2.75, 3.05) is 26.2 Å². The monoisotopic (exact) mass is 374 g/mol. The van der Waals surface area contributed by atoms with Gasteiger partial charge < -0.3 is 9.80 Å². The first-order valence-corrected chi connectivity index (χ1v) is 9.58. The number of aryl methyl sites for hydroxylation is 2. The van der Waals surface area contributed by atoms with Gasteiger partial charge in [-0.3, -0.25) is 9.59 Å². The number of rotatable bonds is 6. The molecule has 1 aliphatic heterocycles. The Kier molecular flexibility index (Phi) is 6.43. The molecule has 0 spiro atoms. The van der Waals surface area contributed by atoms with Crippen LogP contribution in [0.3, 0.4) is 0 Å². The minimum Gasteiger partial charge on any atom is -0.374 e. The van der Waals surface area contributed by atoms with Crippen LogP contribution in [0.2, 0.25) is 0 Å². The van der Waals surface area contributed by atoms with E-state index in [1.54, 1.807) is 12.2 Å². The van der Waals surface area contributed by atoms with Crippen molar-refractivity contribution < 1.29 is 9.59 Å². The lowest BCUT2D eigenvalue weighted by atomic mass is 10.1. The van der Waals surface area contributed by atoms with Crippen LogP contribution in [0.5, 0.6) is 0 Å². The van der Waals surface area contributed by atoms with Crippen molar-refractivity contribution >= 4 is 11.6 Å². The Balaban J connectivity index is 1.49. The van der Waals surface area contributed by atoms with Crippen LogP contribution >= 0.6 is 0 Å². The molecule has 2 aromatic carbocycles. The molecule has 0 atom stereocenters. The molecule has 0 radical (unpaired) electrons. The largest absolute Gasteiger partial charge is 0.374 e. The average Bonchev–Trinajstić information content (AvgIpc) is 2.71. The molecule has 28 heavy (non-hydrogen) atoms. The number of benzene rings is 2. The van der Waals surface area contributed by atoms with Gasteiger partial charge in [0.25, 0.3) is 0 Å². The van der Waals surface area contributed by atoms with Crippen LogP contribution in [0, 0.1) is 13.8 Å². The smallest absolute Gasteiger partial charge is 0.187 e. The molecule has 1 fully saturated rings. The molecule has 3 rings (SSSR count). The summed E-state index contributed by atoms with van der Waals surface area (Å²) in [6, 6.07) is 15.3. The number of nitrogens with zero attached hydrogens (tertiary/aromatic N) is 2. The zero-order valence-corrected chi connectivity index (χ0v) is 16.5. The molecule has 0 unspecified atom stereocenters. The fourth-order valence-electron chi connectivity index (χ4n) is 3.17. The number of ketones is 2. The van der Waals surface area contributed by atoms with Crippen LogP contribution in [0.15, 0.2) is 73.1 Å². The first-order chi connectivity index (χ1) is 13.5. The molecular formula is C24H26N2O2. The summed E-state index contributed by atoms with van der Waals surface area (Å²) in [7, 11) is 0. The van der Waals surface area contributed by atoms with Gasteiger partial charge in [-0.15, -0.1) is 0 Å². The highest BCUT2D eigenvalue weighted by molar-refractivity contribution is 6.05. The van der Waals surface area contributed by atoms with Gasteiger partial charge in [0.05, 0.1) is 0 Å². The molecular weight excluding hydrogens is 348 g/mol. The second-order valence-electron chi connectivity index (χ2n) is 7.17. The summed E-state index contributed by atoms with van der Waals surface area (Å²) in [5.41, 5.74) is 3.60. The van der Waals surface area contributed by atoms with Gasteiger partial charge in [0.1, 0.15) is 0 Å². The van der Waals surface area contributed by atoms with Gasteiger partial charge in [0, 0.05) is 61.9 Å². The lowest BCUT2D eigenvalue weighted by Gasteiger charge is -2.33. The second-order valence-corrected chi connectivity index (χ2v) is 7.17. The SMILES string of the molecule is Cc1cccc(C(=O)/C=C/N2CCN(/C=C/C(=O)c3cccc(C)c3)CC2)c1. The van der Waals surface area contributed by atoms with E-state index in [-0.39, 0.29) is 11.6 Å². The third-order valence-electron chi connectivity index (χ3n) is 4.83. The van der Waals surface area contributed by atoms with Gasteiger partial charge >= 0.3 is 0 Å². The summed E-state index contributed by atoms with van der Waals surface area (Å²) in [4.78, 5) is 28.8. The Bertz CT molecular complexity index is 831. The van der Waals surface area contributed by atoms with Crippen molar-refractivity contribution in [3.8, 4) is 0 Å². The zero-order valence-electron chi connectivity index (χ0n) is 16.5. The highest BCUT2D eigenvalue weighted by atomic mass is 16.1. The van der Waals surface area contributed by atoms with Gasteiger partial charge in [0.2, 0.25) is 0 Å². The van der Waals surface area contributed by atoms with Crippen molar-refractivity contribution in [2.45, 2.75) is 13.8 Å². The lowest BCUT2D eigenvalue weighted by molar-refractivity contribution is 0.103. The third kappa shape index (κ3) is 5.43. The van der Waals surface area contributed by atoms with E-state index in [0.29, 0.717) is 11.1 Å². The average molecular weight is 374 g/mol. The molecule has 0 bridgehead atoms. The second kappa shape index (κ2) is 9.18. The molecule has 2 aromatic rings. The molecule has 1 heterocycles. The molecule has 0 aliphatic carbocycles. The Morgan fingerprint density at radius 2 is 1.11 bits per heavy atom. The van der Waals surface area contributed by atoms with Crippen LogP contribution in [-0.2, 0) is 0 Å². The van der Waals surface area contributed by atoms with Crippen LogP contribution in [0.25, 0.3) is 0 Å². The lowest BCUT2D eigenvalue weighted by Crippen LogP contribution is -2.41. The molecule has 0 amide bonds. The van der Waals surface area contributed by atoms with Crippen molar-refractivity contribution in [3.05, 3.63) is 95.3 Å². The van der Waals surface area contributed by atoms with Gasteiger partial charge in [0.15, 0.2) is 11.6 Å². The molecule has 0 saturated carbocycles. The number of allylic oxidation sites excluding steroid dienone is 2. The fraction of sp³-hybridized carbons (Fsp3) is 0.250. The summed E-state index contributed by atoms with van der Waals surface area (Å²) in [5, 5.41) is 0. The molecule has 0 aromatic heterocycles. The van der Waals surface area contributed by atoms with E-state index in [2.05, 4.69) is 9.80 Å². The maximum atomic E-state index is 12.3. The number of carbonyl (C=O) groups is 2. The van der Waals surface area contributed by atoms with Crippen LogP contribution in [0.4, 0.5) is 0 Å². The van der Waals surface area contributed by atoms with Crippen LogP contribution < -0.4 is 0 Å². The topological polar surface area (TPSA) is 40.6 Å². The predicted octanol–water partition coefficient (Wildman–Crippen LogP) is 4.01. The van der Waals surface area contributed by atoms with Crippen molar-refractivity contribution in [3.63, 3.8) is 0 Å². The predicted molar refractivity (Wildman–Crippen MR) is 112 cm³/mol. The van der Waals surface area contributed by atoms with Crippen molar-refractivity contribution in [2.24, 2.45) is 0 Å². The number of piperazine rings is 1. The molecule has 1 aliphatic rings. The highest BCUT2D eigenvalue weighted by Crippen LogP contribution is 2.09. The highest BCUT2D eigenvalue weighted by Gasteiger charge is 2.12. The Morgan fingerprint density at radius 1 is 0.714 bits per heavy atom. The van der Waals surface area contributed by atoms with E-state index >= 15 is 0 Å². The quantitative estimate of drug-likeness (QED) is 0.566. The first kappa shape index (κ1) is 19.6. The summed E-state index contributed by atoms with van der Waals surface area (Å²) in [6.45, 7) is 7.25. The summed E-state index contributed by atoms with van der Waals surface area (Å²) >= 11 is 0. The Labute approximate surface area is 166 Å². The van der Waals surface area contributed by atoms with Gasteiger partial charge in [-0.1, -0.05) is 47.5 Å². The van der Waals surface area contributed by atoms with Gasteiger partial charge in [-0.25, -0.2) is 0 Å². The summed E-state index contributed by atoms with van der Waals surface area (Å²) < 4.78 is 0. The molecule has 144 valence electrons. The van der Waals surface area contributed by atoms with E-state index in [1.165, 1.54) is 0 Å². The molecule has 0 N–H and O–H groups in total. The maximum absolute atomic E-state index is 12.3. The number of carbonyl (C=O) groups excluding carboxylic acids is 2. The van der Waals surface area contributed by atoms with Crippen molar-refractivity contribution in [1.29, 1.82) is 0 Å². The molecule has 4 nitrogen and oxygen atoms in total. The first-order valence-electron chi connectivity index (χ1n) is 9.58. The number of hydrogen-bond acceptors (Lipinski definition) is 4. The Morgan fingerprint density at radius 3 is 1.46 bits per heavy atom. The van der Waals surface area contributed by atoms with Crippen LogP contribution in [0.1, 0.15) is 31.8 Å². The maximum Gasteiger partial charge on any atom is 0.187 e. The van der Waals surface area contributed by atoms with E-state index in [4.69, 9.17) is 0 Å². The van der Waals surface area contributed by atoms with Crippen LogP contribution in [-0.4, -0.2) is 47.5 Å². The van der Waals surface area contributed by atoms with Crippen molar-refractivity contribution in [1.82, 2.24) is 9.80 Å². The van der Waals surface area contributed by atoms with E-state index in [0.717, 1.165) is 37.3 Å². The third-order valence-corrected chi connectivity index (χ3v) is 4.83. The summed E-state index contributed by atoms with van der Waals surface area (Å²) in [5.74, 6) is 0.0459. The molecule has 4 heteroatoms. The fourth-order valence-corrected chi connectivity index (χ4v) is 3.17. The Hall–Kier alpha value is -3.14. The molecule has 1 saturated heterocycles. The van der Waals surface area contributed by atoms with E-state index in [1.807, 2.05) is 74.8 Å². The minimum absolute atomic E-state index is 0.0229. The zero-order chi connectivity index (χ0) is 19.9. The van der Waals surface area contributed by atoms with Gasteiger partial charge in [-0.05, 0) is 26.0 Å². The minimum atomic E-state index is 0.0229. The van der Waals surface area contributed by atoms with E-state index in [9.17, 15) is 9.59 Å². The van der Waals surface area contributed by atoms with E-state index < -0.39 is 0 Å². The summed E-state index contributed by atoms with van der Waals surface area (Å²) in [6.07, 6.45) is 7.04. The standard InChI is InChI=1S/C24H26N2O2/c1-19-5-3-7-21(17-19)23(27)9-11-25-13-15-26(16-14-25)12-10-24(28)22-8-4-6-20(2)18-22/h3-12,17-18H,13-16H2,1-2H3/b11-9+,12-10+. The normalized spacial score (nSPS) is 14.8.